The lowest BCUT2D eigenvalue weighted by Gasteiger charge is -2.18. The minimum atomic E-state index is 0.182. The first-order valence-corrected chi connectivity index (χ1v) is 6.76. The number of amides is 1. The Kier molecular flexibility index (Phi) is 4.53. The van der Waals surface area contributed by atoms with Gasteiger partial charge in [0.25, 0.3) is 0 Å². The standard InChI is InChI=1S/C13H18ClN3O/c1-10(18)17-7-2-3-11(6-8-17)9-12-4-5-13(14)16-15-12/h4-5,11H,2-3,6-9H2,1H3. The first-order chi connectivity index (χ1) is 8.65. The molecule has 1 aliphatic rings. The van der Waals surface area contributed by atoms with E-state index >= 15 is 0 Å². The smallest absolute Gasteiger partial charge is 0.219 e. The van der Waals surface area contributed by atoms with Gasteiger partial charge in [-0.25, -0.2) is 0 Å². The van der Waals surface area contributed by atoms with Gasteiger partial charge in [-0.05, 0) is 43.7 Å². The highest BCUT2D eigenvalue weighted by molar-refractivity contribution is 6.29. The molecule has 0 bridgehead atoms. The highest BCUT2D eigenvalue weighted by Crippen LogP contribution is 2.21. The molecule has 0 N–H and O–H groups in total. The number of likely N-dealkylation sites (tertiary alicyclic amines) is 1. The van der Waals surface area contributed by atoms with Gasteiger partial charge in [0.05, 0.1) is 5.69 Å². The lowest BCUT2D eigenvalue weighted by Crippen LogP contribution is -2.29. The maximum absolute atomic E-state index is 11.3. The van der Waals surface area contributed by atoms with Gasteiger partial charge in [0.15, 0.2) is 5.15 Å². The lowest BCUT2D eigenvalue weighted by molar-refractivity contribution is -0.128. The van der Waals surface area contributed by atoms with Crippen molar-refractivity contribution >= 4 is 17.5 Å². The topological polar surface area (TPSA) is 46.1 Å². The summed E-state index contributed by atoms with van der Waals surface area (Å²) in [6.07, 6.45) is 4.19. The fourth-order valence-corrected chi connectivity index (χ4v) is 2.53. The number of rotatable bonds is 2. The van der Waals surface area contributed by atoms with Gasteiger partial charge in [-0.15, -0.1) is 5.10 Å². The average molecular weight is 268 g/mol. The van der Waals surface area contributed by atoms with Crippen LogP contribution >= 0.6 is 11.6 Å². The molecule has 2 heterocycles. The Morgan fingerprint density at radius 3 is 2.89 bits per heavy atom. The quantitative estimate of drug-likeness (QED) is 0.826. The van der Waals surface area contributed by atoms with Gasteiger partial charge >= 0.3 is 0 Å². The largest absolute Gasteiger partial charge is 0.343 e. The molecular formula is C13H18ClN3O. The van der Waals surface area contributed by atoms with Crippen LogP contribution in [0, 0.1) is 5.92 Å². The molecule has 0 aromatic carbocycles. The summed E-state index contributed by atoms with van der Waals surface area (Å²) in [5.74, 6) is 0.770. The van der Waals surface area contributed by atoms with Crippen molar-refractivity contribution in [2.45, 2.75) is 32.6 Å². The molecule has 1 unspecified atom stereocenters. The zero-order chi connectivity index (χ0) is 13.0. The van der Waals surface area contributed by atoms with E-state index in [0.717, 1.165) is 44.5 Å². The summed E-state index contributed by atoms with van der Waals surface area (Å²) in [6, 6.07) is 3.71. The van der Waals surface area contributed by atoms with Crippen molar-refractivity contribution in [1.29, 1.82) is 0 Å². The molecule has 1 fully saturated rings. The van der Waals surface area contributed by atoms with Crippen LogP contribution in [0.1, 0.15) is 31.9 Å². The van der Waals surface area contributed by atoms with Crippen LogP contribution in [-0.2, 0) is 11.2 Å². The Balaban J connectivity index is 1.90. The Bertz CT molecular complexity index is 407. The zero-order valence-corrected chi connectivity index (χ0v) is 11.4. The number of aromatic nitrogens is 2. The second kappa shape index (κ2) is 6.14. The van der Waals surface area contributed by atoms with E-state index in [-0.39, 0.29) is 5.91 Å². The molecule has 4 nitrogen and oxygen atoms in total. The van der Waals surface area contributed by atoms with Crippen LogP contribution < -0.4 is 0 Å². The highest BCUT2D eigenvalue weighted by atomic mass is 35.5. The maximum Gasteiger partial charge on any atom is 0.219 e. The van der Waals surface area contributed by atoms with Crippen LogP contribution in [0.2, 0.25) is 5.15 Å². The minimum absolute atomic E-state index is 0.182. The van der Waals surface area contributed by atoms with Gasteiger partial charge in [-0.2, -0.15) is 5.10 Å². The first-order valence-electron chi connectivity index (χ1n) is 6.39. The number of hydrogen-bond donors (Lipinski definition) is 0. The predicted octanol–water partition coefficient (Wildman–Crippen LogP) is 2.32. The summed E-state index contributed by atoms with van der Waals surface area (Å²) >= 11 is 5.72. The van der Waals surface area contributed by atoms with Gasteiger partial charge < -0.3 is 4.90 Å². The van der Waals surface area contributed by atoms with Crippen LogP contribution in [0.3, 0.4) is 0 Å². The first kappa shape index (κ1) is 13.3. The average Bonchev–Trinajstić information content (AvgIpc) is 2.58. The van der Waals surface area contributed by atoms with E-state index in [1.165, 1.54) is 0 Å². The molecule has 5 heteroatoms. The number of halogens is 1. The normalized spacial score (nSPS) is 20.6. The molecule has 98 valence electrons. The lowest BCUT2D eigenvalue weighted by atomic mass is 9.95. The number of hydrogen-bond acceptors (Lipinski definition) is 3. The van der Waals surface area contributed by atoms with Gasteiger partial charge in [0, 0.05) is 20.0 Å². The summed E-state index contributed by atoms with van der Waals surface area (Å²) in [5.41, 5.74) is 0.987. The van der Waals surface area contributed by atoms with Gasteiger partial charge in [0.2, 0.25) is 5.91 Å². The summed E-state index contributed by atoms with van der Waals surface area (Å²) in [5, 5.41) is 8.39. The molecule has 1 aromatic rings. The summed E-state index contributed by atoms with van der Waals surface area (Å²) in [4.78, 5) is 13.3. The Labute approximate surface area is 112 Å². The van der Waals surface area contributed by atoms with Gasteiger partial charge in [-0.3, -0.25) is 4.79 Å². The van der Waals surface area contributed by atoms with Crippen LogP contribution in [0.4, 0.5) is 0 Å². The molecule has 2 rings (SSSR count). The molecule has 0 spiro atoms. The van der Waals surface area contributed by atoms with E-state index in [9.17, 15) is 4.79 Å². The number of nitrogens with zero attached hydrogens (tertiary/aromatic N) is 3. The van der Waals surface area contributed by atoms with Crippen molar-refractivity contribution in [3.63, 3.8) is 0 Å². The molecule has 18 heavy (non-hydrogen) atoms. The van der Waals surface area contributed by atoms with E-state index in [2.05, 4.69) is 10.2 Å². The molecule has 0 aliphatic carbocycles. The molecule has 1 aliphatic heterocycles. The maximum atomic E-state index is 11.3. The second-order valence-corrected chi connectivity index (χ2v) is 5.24. The monoisotopic (exact) mass is 267 g/mol. The van der Waals surface area contributed by atoms with Gasteiger partial charge in [-0.1, -0.05) is 11.6 Å². The molecule has 1 amide bonds. The van der Waals surface area contributed by atoms with Crippen LogP contribution in [0.25, 0.3) is 0 Å². The van der Waals surface area contributed by atoms with Crippen molar-refractivity contribution in [2.24, 2.45) is 5.92 Å². The molecule has 1 saturated heterocycles. The van der Waals surface area contributed by atoms with Crippen molar-refractivity contribution < 1.29 is 4.79 Å². The zero-order valence-electron chi connectivity index (χ0n) is 10.6. The Morgan fingerprint density at radius 1 is 1.39 bits per heavy atom. The molecule has 0 radical (unpaired) electrons. The molecular weight excluding hydrogens is 250 g/mol. The van der Waals surface area contributed by atoms with Crippen molar-refractivity contribution in [2.75, 3.05) is 13.1 Å². The fourth-order valence-electron chi connectivity index (χ4n) is 2.43. The summed E-state index contributed by atoms with van der Waals surface area (Å²) < 4.78 is 0. The molecule has 1 atom stereocenters. The third kappa shape index (κ3) is 3.67. The van der Waals surface area contributed by atoms with Crippen LogP contribution in [-0.4, -0.2) is 34.1 Å². The molecule has 1 aromatic heterocycles. The summed E-state index contributed by atoms with van der Waals surface area (Å²) in [6.45, 7) is 3.39. The van der Waals surface area contributed by atoms with E-state index in [1.807, 2.05) is 11.0 Å². The van der Waals surface area contributed by atoms with E-state index in [1.54, 1.807) is 13.0 Å². The van der Waals surface area contributed by atoms with E-state index in [0.29, 0.717) is 11.1 Å². The number of carbonyl (C=O) groups is 1. The second-order valence-electron chi connectivity index (χ2n) is 4.85. The van der Waals surface area contributed by atoms with Crippen molar-refractivity contribution in [3.8, 4) is 0 Å². The Morgan fingerprint density at radius 2 is 2.22 bits per heavy atom. The summed E-state index contributed by atoms with van der Waals surface area (Å²) in [7, 11) is 0. The number of carbonyl (C=O) groups excluding carboxylic acids is 1. The predicted molar refractivity (Wildman–Crippen MR) is 70.3 cm³/mol. The third-order valence-electron chi connectivity index (χ3n) is 3.48. The SMILES string of the molecule is CC(=O)N1CCCC(Cc2ccc(Cl)nn2)CC1. The third-order valence-corrected chi connectivity index (χ3v) is 3.68. The van der Waals surface area contributed by atoms with Crippen molar-refractivity contribution in [1.82, 2.24) is 15.1 Å². The van der Waals surface area contributed by atoms with E-state index in [4.69, 9.17) is 11.6 Å². The fraction of sp³-hybridized carbons (Fsp3) is 0.615. The highest BCUT2D eigenvalue weighted by Gasteiger charge is 2.19. The Hall–Kier alpha value is -1.16. The van der Waals surface area contributed by atoms with Gasteiger partial charge in [0.1, 0.15) is 0 Å². The van der Waals surface area contributed by atoms with E-state index < -0.39 is 0 Å². The minimum Gasteiger partial charge on any atom is -0.343 e. The van der Waals surface area contributed by atoms with Crippen molar-refractivity contribution in [3.05, 3.63) is 23.0 Å². The molecule has 0 saturated carbocycles. The van der Waals surface area contributed by atoms with Crippen LogP contribution in [0.15, 0.2) is 12.1 Å². The van der Waals surface area contributed by atoms with Crippen LogP contribution in [0.5, 0.6) is 0 Å².